The monoisotopic (exact) mass is 304 g/mol. The van der Waals surface area contributed by atoms with Crippen molar-refractivity contribution in [2.45, 2.75) is 20.4 Å². The van der Waals surface area contributed by atoms with Gasteiger partial charge in [0.25, 0.3) is 0 Å². The highest BCUT2D eigenvalue weighted by atomic mass is 32.1. The second-order valence-corrected chi connectivity index (χ2v) is 5.67. The maximum absolute atomic E-state index is 11.0. The summed E-state index contributed by atoms with van der Waals surface area (Å²) in [6.07, 6.45) is 0. The molecule has 6 heteroatoms. The molecule has 0 aliphatic carbocycles. The summed E-state index contributed by atoms with van der Waals surface area (Å²) in [5.41, 5.74) is 2.99. The SMILES string of the molecule is CC(=O)Nc1ccc(NCc2cc(C(=O)O)cs2)cc1C. The number of nitrogens with one attached hydrogen (secondary N) is 2. The van der Waals surface area contributed by atoms with Crippen molar-refractivity contribution in [3.05, 3.63) is 45.6 Å². The number of aryl methyl sites for hydroxylation is 1. The highest BCUT2D eigenvalue weighted by molar-refractivity contribution is 7.10. The average Bonchev–Trinajstić information content (AvgIpc) is 2.88. The Morgan fingerprint density at radius 1 is 1.29 bits per heavy atom. The molecule has 110 valence electrons. The van der Waals surface area contributed by atoms with Crippen LogP contribution in [0.4, 0.5) is 11.4 Å². The first-order chi connectivity index (χ1) is 9.95. The molecule has 2 aromatic rings. The zero-order valence-electron chi connectivity index (χ0n) is 11.8. The van der Waals surface area contributed by atoms with Crippen molar-refractivity contribution in [1.82, 2.24) is 0 Å². The van der Waals surface area contributed by atoms with Crippen LogP contribution in [-0.2, 0) is 11.3 Å². The number of hydrogen-bond donors (Lipinski definition) is 3. The highest BCUT2D eigenvalue weighted by Gasteiger charge is 2.07. The number of hydrogen-bond acceptors (Lipinski definition) is 4. The van der Waals surface area contributed by atoms with Crippen LogP contribution in [0.3, 0.4) is 0 Å². The van der Waals surface area contributed by atoms with Gasteiger partial charge in [0, 0.05) is 35.1 Å². The number of carboxylic acids is 1. The van der Waals surface area contributed by atoms with Crippen LogP contribution in [0.15, 0.2) is 29.6 Å². The zero-order valence-corrected chi connectivity index (χ0v) is 12.6. The van der Waals surface area contributed by atoms with E-state index in [1.807, 2.05) is 25.1 Å². The van der Waals surface area contributed by atoms with Crippen LogP contribution < -0.4 is 10.6 Å². The van der Waals surface area contributed by atoms with Gasteiger partial charge >= 0.3 is 5.97 Å². The van der Waals surface area contributed by atoms with E-state index >= 15 is 0 Å². The van der Waals surface area contributed by atoms with E-state index < -0.39 is 5.97 Å². The maximum atomic E-state index is 11.0. The molecule has 1 amide bonds. The number of carbonyl (C=O) groups excluding carboxylic acids is 1. The first-order valence-electron chi connectivity index (χ1n) is 6.38. The fourth-order valence-electron chi connectivity index (χ4n) is 1.88. The molecule has 0 atom stereocenters. The molecular weight excluding hydrogens is 288 g/mol. The number of carbonyl (C=O) groups is 2. The van der Waals surface area contributed by atoms with Crippen molar-refractivity contribution in [3.8, 4) is 0 Å². The number of thiophene rings is 1. The molecule has 5 nitrogen and oxygen atoms in total. The fraction of sp³-hybridized carbons (Fsp3) is 0.200. The Morgan fingerprint density at radius 3 is 2.62 bits per heavy atom. The molecule has 0 saturated heterocycles. The van der Waals surface area contributed by atoms with Crippen LogP contribution in [-0.4, -0.2) is 17.0 Å². The van der Waals surface area contributed by atoms with Gasteiger partial charge in [0.1, 0.15) is 0 Å². The third-order valence-electron chi connectivity index (χ3n) is 2.90. The van der Waals surface area contributed by atoms with E-state index in [2.05, 4.69) is 10.6 Å². The number of aromatic carboxylic acids is 1. The molecule has 0 bridgehead atoms. The molecule has 0 fully saturated rings. The van der Waals surface area contributed by atoms with Crippen molar-refractivity contribution in [2.75, 3.05) is 10.6 Å². The van der Waals surface area contributed by atoms with E-state index in [0.29, 0.717) is 12.1 Å². The summed E-state index contributed by atoms with van der Waals surface area (Å²) in [7, 11) is 0. The van der Waals surface area contributed by atoms with Gasteiger partial charge in [0.2, 0.25) is 5.91 Å². The molecule has 0 aliphatic rings. The van der Waals surface area contributed by atoms with Crippen molar-refractivity contribution >= 4 is 34.6 Å². The summed E-state index contributed by atoms with van der Waals surface area (Å²) in [4.78, 5) is 22.8. The topological polar surface area (TPSA) is 78.4 Å². The van der Waals surface area contributed by atoms with E-state index in [9.17, 15) is 9.59 Å². The second kappa shape index (κ2) is 6.41. The molecule has 0 saturated carbocycles. The fourth-order valence-corrected chi connectivity index (χ4v) is 2.68. The lowest BCUT2D eigenvalue weighted by Gasteiger charge is -2.10. The largest absolute Gasteiger partial charge is 0.478 e. The van der Waals surface area contributed by atoms with E-state index in [4.69, 9.17) is 5.11 Å². The Bertz CT molecular complexity index is 679. The molecule has 21 heavy (non-hydrogen) atoms. The third kappa shape index (κ3) is 4.06. The van der Waals surface area contributed by atoms with Crippen LogP contribution in [0.25, 0.3) is 0 Å². The minimum atomic E-state index is -0.909. The zero-order chi connectivity index (χ0) is 15.4. The van der Waals surface area contributed by atoms with E-state index in [-0.39, 0.29) is 5.91 Å². The van der Waals surface area contributed by atoms with E-state index in [1.165, 1.54) is 18.3 Å². The van der Waals surface area contributed by atoms with Crippen molar-refractivity contribution in [3.63, 3.8) is 0 Å². The molecule has 0 radical (unpaired) electrons. The Hall–Kier alpha value is -2.34. The van der Waals surface area contributed by atoms with Crippen molar-refractivity contribution in [1.29, 1.82) is 0 Å². The Labute approximate surface area is 126 Å². The van der Waals surface area contributed by atoms with Crippen LogP contribution in [0.1, 0.15) is 27.7 Å². The van der Waals surface area contributed by atoms with Gasteiger partial charge in [-0.05, 0) is 36.8 Å². The number of anilines is 2. The first-order valence-corrected chi connectivity index (χ1v) is 7.26. The third-order valence-corrected chi connectivity index (χ3v) is 3.84. The molecule has 3 N–H and O–H groups in total. The lowest BCUT2D eigenvalue weighted by molar-refractivity contribution is -0.114. The number of rotatable bonds is 5. The predicted octanol–water partition coefficient (Wildman–Crippen LogP) is 3.33. The minimum absolute atomic E-state index is 0.0985. The van der Waals surface area contributed by atoms with Crippen LogP contribution >= 0.6 is 11.3 Å². The van der Waals surface area contributed by atoms with Gasteiger partial charge in [0.15, 0.2) is 0 Å². The van der Waals surface area contributed by atoms with Crippen LogP contribution in [0.2, 0.25) is 0 Å². The number of benzene rings is 1. The van der Waals surface area contributed by atoms with Gasteiger partial charge in [0.05, 0.1) is 5.56 Å². The van der Waals surface area contributed by atoms with Crippen molar-refractivity contribution in [2.24, 2.45) is 0 Å². The minimum Gasteiger partial charge on any atom is -0.478 e. The van der Waals surface area contributed by atoms with Gasteiger partial charge in [-0.15, -0.1) is 11.3 Å². The molecular formula is C15H16N2O3S. The molecule has 1 aromatic heterocycles. The molecule has 2 rings (SSSR count). The number of amides is 1. The summed E-state index contributed by atoms with van der Waals surface area (Å²) >= 11 is 1.41. The molecule has 0 spiro atoms. The van der Waals surface area contributed by atoms with E-state index in [1.54, 1.807) is 11.4 Å². The predicted molar refractivity (Wildman–Crippen MR) is 84.1 cm³/mol. The smallest absolute Gasteiger partial charge is 0.336 e. The van der Waals surface area contributed by atoms with Gasteiger partial charge in [-0.25, -0.2) is 4.79 Å². The molecule has 0 unspecified atom stereocenters. The van der Waals surface area contributed by atoms with Gasteiger partial charge in [-0.1, -0.05) is 0 Å². The standard InChI is InChI=1S/C15H16N2O3S/c1-9-5-12(3-4-14(9)17-10(2)18)16-7-13-6-11(8-21-13)15(19)20/h3-6,8,16H,7H2,1-2H3,(H,17,18)(H,19,20). The lowest BCUT2D eigenvalue weighted by Crippen LogP contribution is -2.07. The molecule has 1 heterocycles. The molecule has 1 aromatic carbocycles. The normalized spacial score (nSPS) is 10.2. The Balaban J connectivity index is 2.01. The Kier molecular flexibility index (Phi) is 4.59. The van der Waals surface area contributed by atoms with E-state index in [0.717, 1.165) is 21.8 Å². The van der Waals surface area contributed by atoms with Crippen LogP contribution in [0.5, 0.6) is 0 Å². The summed E-state index contributed by atoms with van der Waals surface area (Å²) in [5.74, 6) is -1.01. The summed E-state index contributed by atoms with van der Waals surface area (Å²) in [5, 5.41) is 16.5. The highest BCUT2D eigenvalue weighted by Crippen LogP contribution is 2.21. The van der Waals surface area contributed by atoms with Gasteiger partial charge < -0.3 is 15.7 Å². The average molecular weight is 304 g/mol. The van der Waals surface area contributed by atoms with Gasteiger partial charge in [-0.2, -0.15) is 0 Å². The summed E-state index contributed by atoms with van der Waals surface area (Å²) in [6, 6.07) is 7.33. The second-order valence-electron chi connectivity index (χ2n) is 4.67. The summed E-state index contributed by atoms with van der Waals surface area (Å²) in [6.45, 7) is 3.96. The Morgan fingerprint density at radius 2 is 2.05 bits per heavy atom. The quantitative estimate of drug-likeness (QED) is 0.791. The van der Waals surface area contributed by atoms with Crippen molar-refractivity contribution < 1.29 is 14.7 Å². The number of carboxylic acid groups (broad SMARTS) is 1. The van der Waals surface area contributed by atoms with Gasteiger partial charge in [-0.3, -0.25) is 4.79 Å². The molecule has 0 aliphatic heterocycles. The maximum Gasteiger partial charge on any atom is 0.336 e. The first kappa shape index (κ1) is 15.1. The summed E-state index contributed by atoms with van der Waals surface area (Å²) < 4.78 is 0. The van der Waals surface area contributed by atoms with Crippen LogP contribution in [0, 0.1) is 6.92 Å². The lowest BCUT2D eigenvalue weighted by atomic mass is 10.1.